The molecule has 2 saturated heterocycles. The predicted molar refractivity (Wildman–Crippen MR) is 98.0 cm³/mol. The van der Waals surface area contributed by atoms with Crippen LogP contribution in [0.5, 0.6) is 0 Å². The van der Waals surface area contributed by atoms with Crippen LogP contribution in [0.25, 0.3) is 10.9 Å². The Bertz CT molecular complexity index is 836. The molecule has 2 aromatic rings. The summed E-state index contributed by atoms with van der Waals surface area (Å²) < 4.78 is 7.10. The minimum atomic E-state index is -0.166. The molecule has 0 radical (unpaired) electrons. The number of rotatable bonds is 4. The van der Waals surface area contributed by atoms with Crippen LogP contribution < -0.4 is 5.56 Å². The van der Waals surface area contributed by atoms with E-state index in [1.807, 2.05) is 17.0 Å². The van der Waals surface area contributed by atoms with E-state index in [1.165, 1.54) is 10.9 Å². The van der Waals surface area contributed by atoms with Gasteiger partial charge in [0.15, 0.2) is 0 Å². The fourth-order valence-electron chi connectivity index (χ4n) is 3.72. The van der Waals surface area contributed by atoms with Crippen LogP contribution in [0.3, 0.4) is 0 Å². The molecule has 0 aliphatic carbocycles. The predicted octanol–water partition coefficient (Wildman–Crippen LogP) is 0.720. The standard InChI is InChI=1S/C19H24N4O3/c24-18(13-23-14-20-17-6-2-1-5-16(17)19(23)25)22-9-7-21(8-10-22)12-15-4-3-11-26-15/h1-2,5-6,14-15H,3-4,7-13H2/t15-/m1/s1. The van der Waals surface area contributed by atoms with Gasteiger partial charge in [0.05, 0.1) is 23.3 Å². The molecule has 0 spiro atoms. The Hall–Kier alpha value is -2.25. The van der Waals surface area contributed by atoms with Crippen LogP contribution in [-0.4, -0.2) is 70.7 Å². The van der Waals surface area contributed by atoms with Gasteiger partial charge in [0, 0.05) is 39.3 Å². The van der Waals surface area contributed by atoms with Crippen molar-refractivity contribution < 1.29 is 9.53 Å². The first kappa shape index (κ1) is 17.2. The van der Waals surface area contributed by atoms with Crippen LogP contribution >= 0.6 is 0 Å². The Kier molecular flexibility index (Phi) is 4.99. The topological polar surface area (TPSA) is 67.7 Å². The summed E-state index contributed by atoms with van der Waals surface area (Å²) in [5, 5.41) is 0.546. The number of nitrogens with zero attached hydrogens (tertiary/aromatic N) is 4. The molecular weight excluding hydrogens is 332 g/mol. The molecule has 1 atom stereocenters. The second-order valence-corrected chi connectivity index (χ2v) is 7.01. The number of para-hydroxylation sites is 1. The first-order valence-corrected chi connectivity index (χ1v) is 9.26. The number of aromatic nitrogens is 2. The summed E-state index contributed by atoms with van der Waals surface area (Å²) in [5.41, 5.74) is 0.491. The molecule has 0 bridgehead atoms. The number of hydrogen-bond acceptors (Lipinski definition) is 5. The number of fused-ring (bicyclic) bond motifs is 1. The smallest absolute Gasteiger partial charge is 0.261 e. The maximum atomic E-state index is 12.6. The SMILES string of the molecule is O=C(Cn1cnc2ccccc2c1=O)N1CCN(C[C@H]2CCCO2)CC1. The number of piperazine rings is 1. The van der Waals surface area contributed by atoms with E-state index in [4.69, 9.17) is 4.74 Å². The third-order valence-corrected chi connectivity index (χ3v) is 5.25. The van der Waals surface area contributed by atoms with Crippen molar-refractivity contribution in [3.63, 3.8) is 0 Å². The number of ether oxygens (including phenoxy) is 1. The van der Waals surface area contributed by atoms with Gasteiger partial charge in [-0.2, -0.15) is 0 Å². The van der Waals surface area contributed by atoms with Gasteiger partial charge >= 0.3 is 0 Å². The van der Waals surface area contributed by atoms with Crippen molar-refractivity contribution >= 4 is 16.8 Å². The highest BCUT2D eigenvalue weighted by molar-refractivity contribution is 5.79. The molecule has 2 aliphatic rings. The quantitative estimate of drug-likeness (QED) is 0.808. The van der Waals surface area contributed by atoms with Gasteiger partial charge in [-0.25, -0.2) is 4.98 Å². The molecule has 7 heteroatoms. The Morgan fingerprint density at radius 3 is 2.77 bits per heavy atom. The summed E-state index contributed by atoms with van der Waals surface area (Å²) in [6.07, 6.45) is 4.10. The highest BCUT2D eigenvalue weighted by atomic mass is 16.5. The average molecular weight is 356 g/mol. The van der Waals surface area contributed by atoms with Crippen LogP contribution in [0.4, 0.5) is 0 Å². The van der Waals surface area contributed by atoms with Crippen molar-refractivity contribution in [1.82, 2.24) is 19.4 Å². The lowest BCUT2D eigenvalue weighted by atomic mass is 10.2. The van der Waals surface area contributed by atoms with Crippen molar-refractivity contribution in [3.05, 3.63) is 40.9 Å². The Balaban J connectivity index is 1.35. The average Bonchev–Trinajstić information content (AvgIpc) is 3.18. The zero-order chi connectivity index (χ0) is 17.9. The summed E-state index contributed by atoms with van der Waals surface area (Å²) >= 11 is 0. The molecular formula is C19H24N4O3. The molecule has 7 nitrogen and oxygen atoms in total. The molecule has 2 fully saturated rings. The summed E-state index contributed by atoms with van der Waals surface area (Å²) in [4.78, 5) is 33.6. The highest BCUT2D eigenvalue weighted by Gasteiger charge is 2.25. The molecule has 1 amide bonds. The maximum absolute atomic E-state index is 12.6. The van der Waals surface area contributed by atoms with E-state index < -0.39 is 0 Å². The lowest BCUT2D eigenvalue weighted by Gasteiger charge is -2.35. The largest absolute Gasteiger partial charge is 0.377 e. The van der Waals surface area contributed by atoms with Crippen molar-refractivity contribution in [1.29, 1.82) is 0 Å². The number of hydrogen-bond donors (Lipinski definition) is 0. The number of amides is 1. The Morgan fingerprint density at radius 2 is 2.00 bits per heavy atom. The number of carbonyl (C=O) groups is 1. The summed E-state index contributed by atoms with van der Waals surface area (Å²) in [6, 6.07) is 7.21. The molecule has 3 heterocycles. The molecule has 0 saturated carbocycles. The van der Waals surface area contributed by atoms with Crippen LogP contribution in [-0.2, 0) is 16.1 Å². The summed E-state index contributed by atoms with van der Waals surface area (Å²) in [5.74, 6) is -0.0269. The first-order chi connectivity index (χ1) is 12.7. The van der Waals surface area contributed by atoms with Crippen molar-refractivity contribution in [2.24, 2.45) is 0 Å². The highest BCUT2D eigenvalue weighted by Crippen LogP contribution is 2.14. The van der Waals surface area contributed by atoms with Gasteiger partial charge in [0.25, 0.3) is 5.56 Å². The van der Waals surface area contributed by atoms with Gasteiger partial charge in [-0.1, -0.05) is 12.1 Å². The monoisotopic (exact) mass is 356 g/mol. The second-order valence-electron chi connectivity index (χ2n) is 7.01. The van der Waals surface area contributed by atoms with E-state index in [0.29, 0.717) is 30.1 Å². The zero-order valence-electron chi connectivity index (χ0n) is 14.8. The van der Waals surface area contributed by atoms with Crippen LogP contribution in [0, 0.1) is 0 Å². The fraction of sp³-hybridized carbons (Fsp3) is 0.526. The summed E-state index contributed by atoms with van der Waals surface area (Å²) in [6.45, 7) is 4.98. The van der Waals surface area contributed by atoms with Crippen LogP contribution in [0.2, 0.25) is 0 Å². The fourth-order valence-corrected chi connectivity index (χ4v) is 3.72. The van der Waals surface area contributed by atoms with Crippen molar-refractivity contribution in [2.75, 3.05) is 39.3 Å². The molecule has 1 aromatic heterocycles. The third-order valence-electron chi connectivity index (χ3n) is 5.25. The van der Waals surface area contributed by atoms with Crippen molar-refractivity contribution in [2.45, 2.75) is 25.5 Å². The zero-order valence-corrected chi connectivity index (χ0v) is 14.8. The van der Waals surface area contributed by atoms with Gasteiger partial charge < -0.3 is 9.64 Å². The second kappa shape index (κ2) is 7.55. The molecule has 2 aliphatic heterocycles. The van der Waals surface area contributed by atoms with Gasteiger partial charge in [-0.3, -0.25) is 19.1 Å². The number of carbonyl (C=O) groups excluding carboxylic acids is 1. The number of benzene rings is 1. The molecule has 0 N–H and O–H groups in total. The van der Waals surface area contributed by atoms with Crippen LogP contribution in [0.15, 0.2) is 35.4 Å². The van der Waals surface area contributed by atoms with Gasteiger partial charge in [-0.15, -0.1) is 0 Å². The molecule has 26 heavy (non-hydrogen) atoms. The molecule has 1 aromatic carbocycles. The van der Waals surface area contributed by atoms with E-state index in [2.05, 4.69) is 9.88 Å². The van der Waals surface area contributed by atoms with E-state index >= 15 is 0 Å². The minimum absolute atomic E-state index is 0.0269. The summed E-state index contributed by atoms with van der Waals surface area (Å²) in [7, 11) is 0. The van der Waals surface area contributed by atoms with Crippen LogP contribution in [0.1, 0.15) is 12.8 Å². The minimum Gasteiger partial charge on any atom is -0.377 e. The van der Waals surface area contributed by atoms with E-state index in [0.717, 1.165) is 39.1 Å². The van der Waals surface area contributed by atoms with Crippen molar-refractivity contribution in [3.8, 4) is 0 Å². The third kappa shape index (κ3) is 3.64. The lowest BCUT2D eigenvalue weighted by Crippen LogP contribution is -2.51. The van der Waals surface area contributed by atoms with Gasteiger partial charge in [0.2, 0.25) is 5.91 Å². The van der Waals surface area contributed by atoms with E-state index in [9.17, 15) is 9.59 Å². The van der Waals surface area contributed by atoms with E-state index in [1.54, 1.807) is 12.1 Å². The van der Waals surface area contributed by atoms with Gasteiger partial charge in [0.1, 0.15) is 6.54 Å². The Labute approximate surface area is 152 Å². The normalized spacial score (nSPS) is 21.4. The first-order valence-electron chi connectivity index (χ1n) is 9.26. The lowest BCUT2D eigenvalue weighted by molar-refractivity contribution is -0.133. The molecule has 4 rings (SSSR count). The molecule has 0 unspecified atom stereocenters. The Morgan fingerprint density at radius 1 is 1.19 bits per heavy atom. The van der Waals surface area contributed by atoms with Gasteiger partial charge in [-0.05, 0) is 25.0 Å². The molecule has 138 valence electrons. The maximum Gasteiger partial charge on any atom is 0.261 e. The van der Waals surface area contributed by atoms with E-state index in [-0.39, 0.29) is 18.0 Å².